The summed E-state index contributed by atoms with van der Waals surface area (Å²) in [5.41, 5.74) is 16.4. The van der Waals surface area contributed by atoms with Gasteiger partial charge in [-0.05, 0) is 65.2 Å². The normalized spacial score (nSPS) is 14.5. The Labute approximate surface area is 361 Å². The van der Waals surface area contributed by atoms with Gasteiger partial charge in [-0.1, -0.05) is 0 Å². The van der Waals surface area contributed by atoms with E-state index >= 15 is 0 Å². The van der Waals surface area contributed by atoms with E-state index in [0.29, 0.717) is 36.7 Å². The van der Waals surface area contributed by atoms with Gasteiger partial charge in [0.2, 0.25) is 47.3 Å². The fourth-order valence-corrected chi connectivity index (χ4v) is 5.44. The van der Waals surface area contributed by atoms with Crippen molar-refractivity contribution in [2.24, 2.45) is 22.2 Å². The number of aliphatic hydroxyl groups excluding tert-OH is 2. The topological polar surface area (TPSA) is 401 Å². The van der Waals surface area contributed by atoms with Crippen molar-refractivity contribution < 1.29 is 63.0 Å². The van der Waals surface area contributed by atoms with E-state index in [1.165, 1.54) is 13.8 Å². The molecule has 0 aromatic heterocycles. The largest absolute Gasteiger partial charge is 0.480 e. The zero-order valence-electron chi connectivity index (χ0n) is 36.6. The Balaban J connectivity index is 5.66. The van der Waals surface area contributed by atoms with Gasteiger partial charge in [0.25, 0.3) is 0 Å². The summed E-state index contributed by atoms with van der Waals surface area (Å²) >= 11 is 0. The molecule has 0 aliphatic heterocycles. The molecular weight excluding hydrogens is 818 g/mol. The van der Waals surface area contributed by atoms with Gasteiger partial charge in [0.15, 0.2) is 5.96 Å². The summed E-state index contributed by atoms with van der Waals surface area (Å²) in [6.45, 7) is 2.76. The van der Waals surface area contributed by atoms with E-state index in [0.717, 1.165) is 13.5 Å². The van der Waals surface area contributed by atoms with Gasteiger partial charge in [-0.15, -0.1) is 0 Å². The number of hydrogen-bond donors (Lipinski definition) is 14. The number of rotatable bonds is 31. The third kappa shape index (κ3) is 25.8. The van der Waals surface area contributed by atoms with E-state index in [-0.39, 0.29) is 44.1 Å². The van der Waals surface area contributed by atoms with Crippen LogP contribution in [0.5, 0.6) is 0 Å². The Morgan fingerprint density at radius 2 is 1.15 bits per heavy atom. The summed E-state index contributed by atoms with van der Waals surface area (Å²) in [6, 6.07) is -8.03. The molecule has 62 heavy (non-hydrogen) atoms. The molecule has 17 N–H and O–H groups in total. The van der Waals surface area contributed by atoms with Gasteiger partial charge in [0, 0.05) is 20.0 Å². The molecule has 25 nitrogen and oxygen atoms in total. The predicted molar refractivity (Wildman–Crippen MR) is 225 cm³/mol. The molecule has 354 valence electrons. The van der Waals surface area contributed by atoms with Crippen LogP contribution in [-0.4, -0.2) is 182 Å². The van der Waals surface area contributed by atoms with Crippen LogP contribution >= 0.6 is 0 Å². The van der Waals surface area contributed by atoms with Crippen LogP contribution in [0.3, 0.4) is 0 Å². The average Bonchev–Trinajstić information content (AvgIpc) is 3.17. The van der Waals surface area contributed by atoms with E-state index in [1.807, 2.05) is 21.1 Å². The van der Waals surface area contributed by atoms with Gasteiger partial charge in [-0.3, -0.25) is 43.3 Å². The van der Waals surface area contributed by atoms with Crippen molar-refractivity contribution in [2.45, 2.75) is 114 Å². The molecule has 0 spiro atoms. The third-order valence-corrected chi connectivity index (χ3v) is 8.87. The lowest BCUT2D eigenvalue weighted by molar-refractivity contribution is -0.870. The third-order valence-electron chi connectivity index (χ3n) is 8.87. The van der Waals surface area contributed by atoms with Gasteiger partial charge < -0.3 is 79.5 Å². The monoisotopic (exact) mass is 889 g/mol. The van der Waals surface area contributed by atoms with Crippen LogP contribution < -0.4 is 59.7 Å². The molecule has 0 radical (unpaired) electrons. The molecule has 25 heteroatoms. The second-order valence-corrected chi connectivity index (χ2v) is 15.8. The zero-order chi connectivity index (χ0) is 47.6. The number of unbranched alkanes of at least 4 members (excludes halogenated alkanes) is 2. The first-order chi connectivity index (χ1) is 28.9. The molecule has 0 aromatic rings. The fourth-order valence-electron chi connectivity index (χ4n) is 5.44. The van der Waals surface area contributed by atoms with Crippen molar-refractivity contribution in [3.05, 3.63) is 0 Å². The lowest BCUT2D eigenvalue weighted by Gasteiger charge is -2.27. The van der Waals surface area contributed by atoms with Crippen LogP contribution in [0, 0.1) is 0 Å². The number of carbonyl (C=O) groups is 9. The Bertz CT molecular complexity index is 1530. The van der Waals surface area contributed by atoms with Crippen LogP contribution in [0.25, 0.3) is 0 Å². The minimum absolute atomic E-state index is 0.0618. The maximum atomic E-state index is 13.6. The van der Waals surface area contributed by atoms with Crippen molar-refractivity contribution in [1.29, 1.82) is 0 Å². The first-order valence-corrected chi connectivity index (χ1v) is 20.3. The smallest absolute Gasteiger partial charge is 0.326 e. The van der Waals surface area contributed by atoms with Crippen LogP contribution in [-0.2, 0) is 43.2 Å². The maximum absolute atomic E-state index is 13.6. The SMILES string of the molecule is CC(=O)NCCCC[C@H](NC(=O)CNC(=O)CNC(=O)[C@@H](NC(=O)[C@H](CO)NC(=O)[C@H](CCCC[N+](C)(C)C)NC(=O)[C@H](CCCN=C(N)N)NC(=O)[C@H](C)N)[C@@H](C)O)C(=O)O. The molecule has 8 amide bonds. The van der Waals surface area contributed by atoms with Gasteiger partial charge in [0.1, 0.15) is 30.2 Å². The van der Waals surface area contributed by atoms with E-state index in [1.54, 1.807) is 0 Å². The summed E-state index contributed by atoms with van der Waals surface area (Å²) in [6.07, 6.45) is 0.853. The highest BCUT2D eigenvalue weighted by Crippen LogP contribution is 2.08. The Kier molecular flexibility index (Phi) is 26.9. The number of nitrogens with one attached hydrogen (secondary N) is 8. The molecule has 0 saturated carbocycles. The van der Waals surface area contributed by atoms with E-state index in [9.17, 15) is 58.5 Å². The molecule has 0 bridgehead atoms. The number of carbonyl (C=O) groups excluding carboxylic acids is 8. The number of carboxylic acids is 1. The predicted octanol–water partition coefficient (Wildman–Crippen LogP) is -6.32. The first kappa shape index (κ1) is 56.3. The molecule has 0 aliphatic rings. The number of quaternary nitrogens is 1. The molecule has 0 aromatic carbocycles. The summed E-state index contributed by atoms with van der Waals surface area (Å²) < 4.78 is 0.622. The number of nitrogens with two attached hydrogens (primary N) is 3. The van der Waals surface area contributed by atoms with Gasteiger partial charge >= 0.3 is 5.97 Å². The van der Waals surface area contributed by atoms with Crippen molar-refractivity contribution >= 4 is 59.2 Å². The molecule has 0 unspecified atom stereocenters. The number of guanidine groups is 1. The van der Waals surface area contributed by atoms with Crippen LogP contribution in [0.2, 0.25) is 0 Å². The molecule has 0 rings (SSSR count). The molecule has 0 heterocycles. The fraction of sp³-hybridized carbons (Fsp3) is 0.730. The van der Waals surface area contributed by atoms with Crippen molar-refractivity contribution in [2.75, 3.05) is 60.5 Å². The summed E-state index contributed by atoms with van der Waals surface area (Å²) in [7, 11) is 5.93. The highest BCUT2D eigenvalue weighted by atomic mass is 16.4. The van der Waals surface area contributed by atoms with Crippen LogP contribution in [0.4, 0.5) is 0 Å². The van der Waals surface area contributed by atoms with E-state index in [4.69, 9.17) is 17.2 Å². The number of amides is 8. The Hall–Kier alpha value is -5.66. The quantitative estimate of drug-likeness (QED) is 0.0133. The number of nitrogens with zero attached hydrogens (tertiary/aromatic N) is 2. The number of aliphatic carboxylic acids is 1. The number of aliphatic hydroxyl groups is 2. The molecule has 7 atom stereocenters. The summed E-state index contributed by atoms with van der Waals surface area (Å²) in [5, 5.41) is 48.8. The number of carboxylic acid groups (broad SMARTS) is 1. The number of aliphatic imine (C=N–C) groups is 1. The van der Waals surface area contributed by atoms with Gasteiger partial charge in [-0.2, -0.15) is 0 Å². The molecule has 0 saturated heterocycles. The highest BCUT2D eigenvalue weighted by molar-refractivity contribution is 5.96. The second kappa shape index (κ2) is 29.6. The average molecular weight is 889 g/mol. The maximum Gasteiger partial charge on any atom is 0.326 e. The molecular formula is C37H70N13O12+. The molecule has 0 aliphatic carbocycles. The highest BCUT2D eigenvalue weighted by Gasteiger charge is 2.33. The zero-order valence-corrected chi connectivity index (χ0v) is 36.6. The Morgan fingerprint density at radius 1 is 0.629 bits per heavy atom. The van der Waals surface area contributed by atoms with E-state index in [2.05, 4.69) is 47.5 Å². The standard InChI is InChI=1S/C37H69N13O12/c1-21(38)31(56)46-25(14-11-16-42-37(39)40)32(57)47-24(12-8-10-17-50(4,5)6)33(58)48-27(20-51)34(59)49-30(22(2)52)35(60)44-18-28(54)43-19-29(55)45-26(36(61)62)13-7-9-15-41-23(3)53/h21-22,24-27,30,51-52H,7-20,38H2,1-6H3,(H12-,39,40,41,42,43,44,45,46,47,48,49,53,54,55,56,57,58,59,60,61,62)/p+1/t21-,22+,24-,25-,26-,27-,30-/m0/s1. The summed E-state index contributed by atoms with van der Waals surface area (Å²) in [5.74, 6) is -7.84. The minimum atomic E-state index is -1.70. The van der Waals surface area contributed by atoms with Gasteiger partial charge in [-0.25, -0.2) is 4.79 Å². The minimum Gasteiger partial charge on any atom is -0.480 e. The van der Waals surface area contributed by atoms with Gasteiger partial charge in [0.05, 0.1) is 59.5 Å². The lowest BCUT2D eigenvalue weighted by Crippen LogP contribution is -2.61. The second-order valence-electron chi connectivity index (χ2n) is 15.8. The first-order valence-electron chi connectivity index (χ1n) is 20.3. The van der Waals surface area contributed by atoms with E-state index < -0.39 is 109 Å². The van der Waals surface area contributed by atoms with Crippen LogP contribution in [0.15, 0.2) is 4.99 Å². The Morgan fingerprint density at radius 3 is 1.66 bits per heavy atom. The summed E-state index contributed by atoms with van der Waals surface area (Å²) in [4.78, 5) is 117. The number of hydrogen-bond acceptors (Lipinski definition) is 13. The lowest BCUT2D eigenvalue weighted by atomic mass is 10.0. The molecule has 0 fully saturated rings. The van der Waals surface area contributed by atoms with Crippen molar-refractivity contribution in [3.8, 4) is 0 Å². The van der Waals surface area contributed by atoms with Crippen molar-refractivity contribution in [3.63, 3.8) is 0 Å². The van der Waals surface area contributed by atoms with Crippen LogP contribution in [0.1, 0.15) is 72.1 Å². The van der Waals surface area contributed by atoms with Crippen molar-refractivity contribution in [1.82, 2.24) is 42.5 Å².